The molecule has 4 rings (SSSR count). The molecule has 1 amide bonds. The van der Waals surface area contributed by atoms with E-state index in [4.69, 9.17) is 14.7 Å². The lowest BCUT2D eigenvalue weighted by atomic mass is 10.1. The lowest BCUT2D eigenvalue weighted by Crippen LogP contribution is -2.46. The fourth-order valence-corrected chi connectivity index (χ4v) is 5.27. The van der Waals surface area contributed by atoms with Crippen LogP contribution in [0.2, 0.25) is 0 Å². The lowest BCUT2D eigenvalue weighted by molar-refractivity contribution is -0.119. The van der Waals surface area contributed by atoms with E-state index in [1.54, 1.807) is 0 Å². The number of hydrogen-bond donors (Lipinski definition) is 1. The predicted octanol–water partition coefficient (Wildman–Crippen LogP) is 4.17. The van der Waals surface area contributed by atoms with Crippen molar-refractivity contribution >= 4 is 34.5 Å². The van der Waals surface area contributed by atoms with E-state index >= 15 is 0 Å². The van der Waals surface area contributed by atoms with Gasteiger partial charge in [-0.1, -0.05) is 49.6 Å². The van der Waals surface area contributed by atoms with Crippen molar-refractivity contribution in [1.29, 1.82) is 0 Å². The molecule has 1 N–H and O–H groups in total. The summed E-state index contributed by atoms with van der Waals surface area (Å²) in [6.45, 7) is 5.73. The molecule has 2 aliphatic rings. The maximum absolute atomic E-state index is 12.6. The van der Waals surface area contributed by atoms with E-state index in [0.29, 0.717) is 11.8 Å². The minimum Gasteiger partial charge on any atom is -0.372 e. The Hall–Kier alpha value is -1.86. The summed E-state index contributed by atoms with van der Waals surface area (Å²) in [6.07, 6.45) is 7.47. The number of nitrogens with one attached hydrogen (secondary N) is 1. The summed E-state index contributed by atoms with van der Waals surface area (Å²) < 4.78 is 5.90. The van der Waals surface area contributed by atoms with Gasteiger partial charge in [0.1, 0.15) is 5.03 Å². The Labute approximate surface area is 183 Å². The van der Waals surface area contributed by atoms with Crippen molar-refractivity contribution in [1.82, 2.24) is 15.3 Å². The van der Waals surface area contributed by atoms with Crippen LogP contribution in [0.1, 0.15) is 52.4 Å². The van der Waals surface area contributed by atoms with Crippen molar-refractivity contribution in [3.63, 3.8) is 0 Å². The molecule has 6 nitrogen and oxygen atoms in total. The number of para-hydroxylation sites is 2. The smallest absolute Gasteiger partial charge is 0.230 e. The van der Waals surface area contributed by atoms with Gasteiger partial charge in [0.15, 0.2) is 5.82 Å². The number of fused-ring (bicyclic) bond motifs is 1. The van der Waals surface area contributed by atoms with Crippen LogP contribution in [0, 0.1) is 0 Å². The van der Waals surface area contributed by atoms with Gasteiger partial charge >= 0.3 is 0 Å². The zero-order valence-corrected chi connectivity index (χ0v) is 18.8. The van der Waals surface area contributed by atoms with Crippen LogP contribution < -0.4 is 10.2 Å². The van der Waals surface area contributed by atoms with Gasteiger partial charge in [-0.15, -0.1) is 0 Å². The van der Waals surface area contributed by atoms with Crippen LogP contribution in [0.5, 0.6) is 0 Å². The monoisotopic (exact) mass is 428 g/mol. The third-order valence-electron chi connectivity index (χ3n) is 5.80. The summed E-state index contributed by atoms with van der Waals surface area (Å²) in [5, 5.41) is 4.06. The van der Waals surface area contributed by atoms with Crippen molar-refractivity contribution in [3.8, 4) is 0 Å². The van der Waals surface area contributed by atoms with E-state index in [1.165, 1.54) is 37.4 Å². The third-order valence-corrected chi connectivity index (χ3v) is 6.75. The number of nitrogens with zero attached hydrogens (tertiary/aromatic N) is 3. The summed E-state index contributed by atoms with van der Waals surface area (Å²) in [5.41, 5.74) is 1.74. The van der Waals surface area contributed by atoms with Crippen molar-refractivity contribution in [2.75, 3.05) is 23.7 Å². The molecule has 1 aliphatic heterocycles. The number of ether oxygens (including phenoxy) is 1. The molecule has 30 heavy (non-hydrogen) atoms. The molecule has 2 atom stereocenters. The highest BCUT2D eigenvalue weighted by molar-refractivity contribution is 8.00. The van der Waals surface area contributed by atoms with Gasteiger partial charge in [0.25, 0.3) is 0 Å². The molecule has 1 saturated heterocycles. The van der Waals surface area contributed by atoms with Crippen LogP contribution >= 0.6 is 11.8 Å². The Bertz CT molecular complexity index is 859. The van der Waals surface area contributed by atoms with Crippen molar-refractivity contribution in [2.24, 2.45) is 0 Å². The minimum absolute atomic E-state index is 0.0940. The highest BCUT2D eigenvalue weighted by atomic mass is 32.2. The average Bonchev–Trinajstić information content (AvgIpc) is 2.99. The first-order valence-corrected chi connectivity index (χ1v) is 12.2. The highest BCUT2D eigenvalue weighted by Crippen LogP contribution is 2.31. The number of carbonyl (C=O) groups excluding carboxylic acids is 1. The largest absolute Gasteiger partial charge is 0.372 e. The molecule has 1 aliphatic carbocycles. The van der Waals surface area contributed by atoms with Crippen LogP contribution in [-0.2, 0) is 9.53 Å². The quantitative estimate of drug-likeness (QED) is 0.569. The average molecular weight is 429 g/mol. The fourth-order valence-electron chi connectivity index (χ4n) is 4.46. The fraction of sp³-hybridized carbons (Fsp3) is 0.609. The Morgan fingerprint density at radius 3 is 2.37 bits per heavy atom. The van der Waals surface area contributed by atoms with E-state index in [-0.39, 0.29) is 18.1 Å². The number of amides is 1. The molecule has 1 aromatic heterocycles. The number of thioether (sulfide) groups is 1. The van der Waals surface area contributed by atoms with Crippen LogP contribution in [-0.4, -0.2) is 53.0 Å². The second kappa shape index (κ2) is 9.96. The Morgan fingerprint density at radius 2 is 1.70 bits per heavy atom. The molecule has 0 bridgehead atoms. The maximum atomic E-state index is 12.6. The van der Waals surface area contributed by atoms with Crippen molar-refractivity contribution < 1.29 is 9.53 Å². The molecular weight excluding hydrogens is 396 g/mol. The number of aromatic nitrogens is 2. The number of carbonyl (C=O) groups is 1. The van der Waals surface area contributed by atoms with Crippen molar-refractivity contribution in [3.05, 3.63) is 24.3 Å². The van der Waals surface area contributed by atoms with Crippen LogP contribution in [0.3, 0.4) is 0 Å². The van der Waals surface area contributed by atoms with Gasteiger partial charge in [0.2, 0.25) is 5.91 Å². The number of morpholine rings is 1. The Balaban J connectivity index is 1.50. The van der Waals surface area contributed by atoms with Gasteiger partial charge in [-0.2, -0.15) is 0 Å². The minimum atomic E-state index is 0.0940. The topological polar surface area (TPSA) is 67.4 Å². The van der Waals surface area contributed by atoms with Gasteiger partial charge in [0, 0.05) is 19.1 Å². The van der Waals surface area contributed by atoms with Gasteiger partial charge < -0.3 is 15.0 Å². The summed E-state index contributed by atoms with van der Waals surface area (Å²) in [6, 6.07) is 8.25. The zero-order chi connectivity index (χ0) is 20.9. The number of hydrogen-bond acceptors (Lipinski definition) is 6. The first-order valence-electron chi connectivity index (χ1n) is 11.2. The van der Waals surface area contributed by atoms with Crippen LogP contribution in [0.25, 0.3) is 11.0 Å². The molecular formula is C23H32N4O2S. The first-order chi connectivity index (χ1) is 14.6. The highest BCUT2D eigenvalue weighted by Gasteiger charge is 2.26. The molecule has 1 aromatic carbocycles. The van der Waals surface area contributed by atoms with E-state index in [0.717, 1.165) is 47.8 Å². The van der Waals surface area contributed by atoms with E-state index < -0.39 is 0 Å². The Morgan fingerprint density at radius 1 is 1.07 bits per heavy atom. The van der Waals surface area contributed by atoms with E-state index in [1.807, 2.05) is 24.3 Å². The van der Waals surface area contributed by atoms with Gasteiger partial charge in [-0.25, -0.2) is 9.97 Å². The molecule has 7 heteroatoms. The molecule has 0 radical (unpaired) electrons. The standard InChI is InChI=1S/C23H32N4O2S/c1-16-13-27(14-17(2)29-16)22-23(26-20-12-8-7-11-19(20)25-22)30-15-21(28)24-18-9-5-3-4-6-10-18/h7-8,11-12,16-18H,3-6,9-10,13-15H2,1-2H3,(H,24,28)/t16-,17+. The van der Waals surface area contributed by atoms with Gasteiger partial charge in [0.05, 0.1) is 29.0 Å². The van der Waals surface area contributed by atoms with Gasteiger partial charge in [-0.05, 0) is 38.8 Å². The van der Waals surface area contributed by atoms with Gasteiger partial charge in [-0.3, -0.25) is 4.79 Å². The number of benzene rings is 1. The number of rotatable bonds is 5. The zero-order valence-electron chi connectivity index (χ0n) is 18.0. The summed E-state index contributed by atoms with van der Waals surface area (Å²) in [5.74, 6) is 1.32. The van der Waals surface area contributed by atoms with Crippen LogP contribution in [0.4, 0.5) is 5.82 Å². The second-order valence-electron chi connectivity index (χ2n) is 8.55. The molecule has 2 heterocycles. The molecule has 1 saturated carbocycles. The van der Waals surface area contributed by atoms with Crippen molar-refractivity contribution in [2.45, 2.75) is 75.6 Å². The first kappa shape index (κ1) is 21.4. The molecule has 162 valence electrons. The van der Waals surface area contributed by atoms with Crippen LogP contribution in [0.15, 0.2) is 29.3 Å². The normalized spacial score (nSPS) is 23.3. The summed E-state index contributed by atoms with van der Waals surface area (Å²) in [7, 11) is 0. The molecule has 2 aromatic rings. The molecule has 2 fully saturated rings. The molecule has 0 unspecified atom stereocenters. The summed E-state index contributed by atoms with van der Waals surface area (Å²) >= 11 is 1.49. The lowest BCUT2D eigenvalue weighted by Gasteiger charge is -2.36. The van der Waals surface area contributed by atoms with E-state index in [2.05, 4.69) is 24.1 Å². The predicted molar refractivity (Wildman–Crippen MR) is 122 cm³/mol. The third kappa shape index (κ3) is 5.43. The van der Waals surface area contributed by atoms with E-state index in [9.17, 15) is 4.79 Å². The second-order valence-corrected chi connectivity index (χ2v) is 9.51. The maximum Gasteiger partial charge on any atom is 0.230 e. The summed E-state index contributed by atoms with van der Waals surface area (Å²) in [4.78, 5) is 24.7. The SMILES string of the molecule is C[C@@H]1CN(c2nc3ccccc3nc2SCC(=O)NC2CCCCCC2)C[C@H](C)O1. The Kier molecular flexibility index (Phi) is 7.10. The number of anilines is 1. The molecule has 0 spiro atoms.